The maximum Gasteiger partial charge on any atom is 0.123 e. The second-order valence-corrected chi connectivity index (χ2v) is 4.47. The second-order valence-electron chi connectivity index (χ2n) is 4.47. The minimum atomic E-state index is 0.0591. The predicted molar refractivity (Wildman–Crippen MR) is 77.4 cm³/mol. The van der Waals surface area contributed by atoms with Crippen molar-refractivity contribution in [3.05, 3.63) is 59.2 Å². The van der Waals surface area contributed by atoms with Gasteiger partial charge in [0.05, 0.1) is 13.7 Å². The maximum absolute atomic E-state index is 9.17. The van der Waals surface area contributed by atoms with Gasteiger partial charge in [0.1, 0.15) is 5.75 Å². The number of rotatable bonds is 5. The molecule has 0 aromatic heterocycles. The lowest BCUT2D eigenvalue weighted by Gasteiger charge is -2.13. The van der Waals surface area contributed by atoms with Crippen molar-refractivity contribution in [1.82, 2.24) is 0 Å². The summed E-state index contributed by atoms with van der Waals surface area (Å²) in [6.07, 6.45) is 0. The van der Waals surface area contributed by atoms with Gasteiger partial charge in [-0.05, 0) is 30.2 Å². The molecule has 3 nitrogen and oxygen atoms in total. The Hall–Kier alpha value is -2.00. The lowest BCUT2D eigenvalue weighted by molar-refractivity contribution is 0.282. The molecule has 0 amide bonds. The van der Waals surface area contributed by atoms with E-state index in [4.69, 9.17) is 4.74 Å². The van der Waals surface area contributed by atoms with E-state index < -0.39 is 0 Å². The van der Waals surface area contributed by atoms with Crippen LogP contribution in [0.1, 0.15) is 16.7 Å². The number of aliphatic hydroxyl groups excluding tert-OH is 1. The van der Waals surface area contributed by atoms with E-state index in [1.54, 1.807) is 7.11 Å². The molecular formula is C16H19NO2. The van der Waals surface area contributed by atoms with Crippen molar-refractivity contribution in [1.29, 1.82) is 0 Å². The fourth-order valence-electron chi connectivity index (χ4n) is 2.00. The van der Waals surface area contributed by atoms with Crippen molar-refractivity contribution >= 4 is 5.69 Å². The summed E-state index contributed by atoms with van der Waals surface area (Å²) in [6.45, 7) is 2.80. The molecule has 2 aromatic carbocycles. The molecule has 2 N–H and O–H groups in total. The van der Waals surface area contributed by atoms with Crippen LogP contribution in [-0.4, -0.2) is 12.2 Å². The Morgan fingerprint density at radius 2 is 1.95 bits per heavy atom. The lowest BCUT2D eigenvalue weighted by Crippen LogP contribution is -2.03. The summed E-state index contributed by atoms with van der Waals surface area (Å²) >= 11 is 0. The minimum Gasteiger partial charge on any atom is -0.496 e. The van der Waals surface area contributed by atoms with Crippen molar-refractivity contribution in [3.8, 4) is 5.75 Å². The quantitative estimate of drug-likeness (QED) is 0.864. The number of aryl methyl sites for hydroxylation is 1. The smallest absolute Gasteiger partial charge is 0.123 e. The number of aliphatic hydroxyl groups is 1. The first kappa shape index (κ1) is 13.4. The number of hydrogen-bond acceptors (Lipinski definition) is 3. The average Bonchev–Trinajstić information content (AvgIpc) is 2.46. The van der Waals surface area contributed by atoms with Crippen LogP contribution < -0.4 is 10.1 Å². The van der Waals surface area contributed by atoms with Crippen LogP contribution in [0.4, 0.5) is 5.69 Å². The zero-order chi connectivity index (χ0) is 13.7. The predicted octanol–water partition coefficient (Wildman–Crippen LogP) is 3.11. The molecule has 0 aliphatic heterocycles. The molecule has 0 radical (unpaired) electrons. The normalized spacial score (nSPS) is 10.3. The molecule has 2 rings (SSSR count). The Labute approximate surface area is 113 Å². The van der Waals surface area contributed by atoms with E-state index >= 15 is 0 Å². The van der Waals surface area contributed by atoms with Crippen LogP contribution in [0.5, 0.6) is 5.75 Å². The molecule has 0 aliphatic rings. The molecule has 0 aliphatic carbocycles. The Balaban J connectivity index is 2.14. The molecule has 0 atom stereocenters. The fourth-order valence-corrected chi connectivity index (χ4v) is 2.00. The molecule has 0 spiro atoms. The fraction of sp³-hybridized carbons (Fsp3) is 0.250. The van der Waals surface area contributed by atoms with Crippen LogP contribution in [0, 0.1) is 6.92 Å². The molecule has 100 valence electrons. The van der Waals surface area contributed by atoms with E-state index in [2.05, 4.69) is 5.32 Å². The topological polar surface area (TPSA) is 41.5 Å². The van der Waals surface area contributed by atoms with Gasteiger partial charge in [-0.15, -0.1) is 0 Å². The average molecular weight is 257 g/mol. The highest BCUT2D eigenvalue weighted by molar-refractivity contribution is 5.53. The molecule has 0 unspecified atom stereocenters. The molecule has 0 saturated heterocycles. The molecule has 0 bridgehead atoms. The Kier molecular flexibility index (Phi) is 4.42. The summed E-state index contributed by atoms with van der Waals surface area (Å²) in [7, 11) is 1.68. The molecule has 3 heteroatoms. The van der Waals surface area contributed by atoms with Crippen LogP contribution in [0.15, 0.2) is 42.5 Å². The van der Waals surface area contributed by atoms with Crippen LogP contribution >= 0.6 is 0 Å². The van der Waals surface area contributed by atoms with Crippen LogP contribution in [0.3, 0.4) is 0 Å². The van der Waals surface area contributed by atoms with Gasteiger partial charge in [-0.3, -0.25) is 0 Å². The van der Waals surface area contributed by atoms with Gasteiger partial charge >= 0.3 is 0 Å². The van der Waals surface area contributed by atoms with Crippen LogP contribution in [0.25, 0.3) is 0 Å². The van der Waals surface area contributed by atoms with Crippen LogP contribution in [0.2, 0.25) is 0 Å². The van der Waals surface area contributed by atoms with Crippen molar-refractivity contribution in [3.63, 3.8) is 0 Å². The molecule has 0 saturated carbocycles. The van der Waals surface area contributed by atoms with Gasteiger partial charge in [-0.2, -0.15) is 0 Å². The molecule has 19 heavy (non-hydrogen) atoms. The highest BCUT2D eigenvalue weighted by Crippen LogP contribution is 2.21. The van der Waals surface area contributed by atoms with Gasteiger partial charge in [0, 0.05) is 17.8 Å². The molecule has 0 fully saturated rings. The highest BCUT2D eigenvalue weighted by Gasteiger charge is 2.03. The summed E-state index contributed by atoms with van der Waals surface area (Å²) in [5, 5.41) is 12.6. The summed E-state index contributed by atoms with van der Waals surface area (Å²) in [6, 6.07) is 13.9. The van der Waals surface area contributed by atoms with E-state index in [0.29, 0.717) is 6.54 Å². The second kappa shape index (κ2) is 6.25. The van der Waals surface area contributed by atoms with Crippen molar-refractivity contribution < 1.29 is 9.84 Å². The lowest BCUT2D eigenvalue weighted by atomic mass is 10.1. The Bertz CT molecular complexity index is 552. The monoisotopic (exact) mass is 257 g/mol. The number of ether oxygens (including phenoxy) is 1. The van der Waals surface area contributed by atoms with Gasteiger partial charge < -0.3 is 15.2 Å². The van der Waals surface area contributed by atoms with E-state index in [1.807, 2.05) is 49.4 Å². The Morgan fingerprint density at radius 3 is 2.68 bits per heavy atom. The number of hydrogen-bond donors (Lipinski definition) is 2. The van der Waals surface area contributed by atoms with Gasteiger partial charge in [-0.1, -0.05) is 30.3 Å². The molecule has 0 heterocycles. The summed E-state index contributed by atoms with van der Waals surface area (Å²) in [5.74, 6) is 0.881. The highest BCUT2D eigenvalue weighted by atomic mass is 16.5. The third-order valence-corrected chi connectivity index (χ3v) is 3.15. The van der Waals surface area contributed by atoms with Crippen molar-refractivity contribution in [2.75, 3.05) is 12.4 Å². The van der Waals surface area contributed by atoms with E-state index in [-0.39, 0.29) is 6.61 Å². The zero-order valence-electron chi connectivity index (χ0n) is 11.3. The number of anilines is 1. The van der Waals surface area contributed by atoms with Crippen LogP contribution in [-0.2, 0) is 13.2 Å². The number of methoxy groups -OCH3 is 1. The molecular weight excluding hydrogens is 238 g/mol. The number of para-hydroxylation sites is 1. The van der Waals surface area contributed by atoms with Gasteiger partial charge in [-0.25, -0.2) is 0 Å². The third kappa shape index (κ3) is 3.26. The number of benzene rings is 2. The van der Waals surface area contributed by atoms with Gasteiger partial charge in [0.25, 0.3) is 0 Å². The minimum absolute atomic E-state index is 0.0591. The maximum atomic E-state index is 9.17. The first-order valence-electron chi connectivity index (χ1n) is 6.30. The first-order valence-corrected chi connectivity index (χ1v) is 6.30. The van der Waals surface area contributed by atoms with Crippen molar-refractivity contribution in [2.24, 2.45) is 0 Å². The Morgan fingerprint density at radius 1 is 1.16 bits per heavy atom. The first-order chi connectivity index (χ1) is 9.24. The largest absolute Gasteiger partial charge is 0.496 e. The van der Waals surface area contributed by atoms with Gasteiger partial charge in [0.2, 0.25) is 0 Å². The third-order valence-electron chi connectivity index (χ3n) is 3.15. The zero-order valence-corrected chi connectivity index (χ0v) is 11.3. The van der Waals surface area contributed by atoms with E-state index in [9.17, 15) is 5.11 Å². The number of nitrogens with one attached hydrogen (secondary N) is 1. The standard InChI is InChI=1S/C16H19NO2/c1-12-7-8-13(11-18)9-15(12)17-10-14-5-3-4-6-16(14)19-2/h3-9,17-18H,10-11H2,1-2H3. The SMILES string of the molecule is COc1ccccc1CNc1cc(CO)ccc1C. The van der Waals surface area contributed by atoms with E-state index in [0.717, 1.165) is 28.1 Å². The van der Waals surface area contributed by atoms with E-state index in [1.165, 1.54) is 0 Å². The summed E-state index contributed by atoms with van der Waals surface area (Å²) in [5.41, 5.74) is 4.22. The van der Waals surface area contributed by atoms with Crippen molar-refractivity contribution in [2.45, 2.75) is 20.1 Å². The summed E-state index contributed by atoms with van der Waals surface area (Å²) < 4.78 is 5.33. The summed E-state index contributed by atoms with van der Waals surface area (Å²) in [4.78, 5) is 0. The molecule has 2 aromatic rings. The van der Waals surface area contributed by atoms with Gasteiger partial charge in [0.15, 0.2) is 0 Å².